The van der Waals surface area contributed by atoms with E-state index in [2.05, 4.69) is 0 Å². The van der Waals surface area contributed by atoms with Gasteiger partial charge < -0.3 is 5.11 Å². The van der Waals surface area contributed by atoms with Crippen molar-refractivity contribution in [2.45, 2.75) is 0 Å². The SMILES string of the molecule is O=C(c1ccccc1)c1ccc([11C](=O)O)cc1. The van der Waals surface area contributed by atoms with Gasteiger partial charge in [-0.3, -0.25) is 4.79 Å². The Balaban J connectivity index is 2.30. The summed E-state index contributed by atoms with van der Waals surface area (Å²) in [5.41, 5.74) is 1.26. The van der Waals surface area contributed by atoms with Gasteiger partial charge >= 0.3 is 5.97 Å². The molecule has 2 rings (SSSR count). The molecule has 0 amide bonds. The fourth-order valence-corrected chi connectivity index (χ4v) is 1.52. The van der Waals surface area contributed by atoms with Gasteiger partial charge in [0.05, 0.1) is 5.56 Å². The average Bonchev–Trinajstić information content (AvgIpc) is 2.39. The second kappa shape index (κ2) is 4.61. The molecular weight excluding hydrogens is 215 g/mol. The van der Waals surface area contributed by atoms with Gasteiger partial charge in [0.25, 0.3) is 0 Å². The lowest BCUT2D eigenvalue weighted by Gasteiger charge is -2.01. The van der Waals surface area contributed by atoms with Crippen LogP contribution in [0.3, 0.4) is 0 Å². The monoisotopic (exact) mass is 225 g/mol. The van der Waals surface area contributed by atoms with Gasteiger partial charge in [0.2, 0.25) is 0 Å². The van der Waals surface area contributed by atoms with E-state index >= 15 is 0 Å². The van der Waals surface area contributed by atoms with E-state index in [1.54, 1.807) is 24.3 Å². The summed E-state index contributed by atoms with van der Waals surface area (Å²) in [7, 11) is 0. The number of carbonyl (C=O) groups is 2. The Kier molecular flexibility index (Phi) is 3.01. The van der Waals surface area contributed by atoms with Crippen molar-refractivity contribution in [2.75, 3.05) is 0 Å². The lowest BCUT2D eigenvalue weighted by Crippen LogP contribution is -2.02. The van der Waals surface area contributed by atoms with Gasteiger partial charge in [0, 0.05) is 11.1 Å². The molecule has 0 aliphatic heterocycles. The number of hydrogen-bond acceptors (Lipinski definition) is 2. The van der Waals surface area contributed by atoms with E-state index in [1.807, 2.05) is 6.07 Å². The lowest BCUT2D eigenvalue weighted by atomic mass is 9.92. The average molecular weight is 225 g/mol. The highest BCUT2D eigenvalue weighted by Crippen LogP contribution is 2.11. The van der Waals surface area contributed by atoms with Gasteiger partial charge in [-0.1, -0.05) is 42.5 Å². The molecule has 0 saturated heterocycles. The van der Waals surface area contributed by atoms with E-state index in [1.165, 1.54) is 24.3 Å². The topological polar surface area (TPSA) is 54.4 Å². The maximum Gasteiger partial charge on any atom is 0.335 e. The highest BCUT2D eigenvalue weighted by Gasteiger charge is 2.09. The normalized spacial score (nSPS) is 9.88. The van der Waals surface area contributed by atoms with Crippen molar-refractivity contribution in [1.82, 2.24) is 0 Å². The van der Waals surface area contributed by atoms with E-state index in [0.29, 0.717) is 11.1 Å². The molecule has 0 radical (unpaired) electrons. The zero-order chi connectivity index (χ0) is 12.3. The Morgan fingerprint density at radius 2 is 1.18 bits per heavy atom. The van der Waals surface area contributed by atoms with Crippen molar-refractivity contribution in [2.24, 2.45) is 0 Å². The molecular formula is C14H10O3. The van der Waals surface area contributed by atoms with Crippen LogP contribution in [0.2, 0.25) is 0 Å². The van der Waals surface area contributed by atoms with Crippen LogP contribution in [0.15, 0.2) is 54.6 Å². The molecule has 0 aliphatic carbocycles. The van der Waals surface area contributed by atoms with Crippen LogP contribution in [0, 0.1) is 0 Å². The van der Waals surface area contributed by atoms with Crippen molar-refractivity contribution in [3.8, 4) is 0 Å². The first-order valence-corrected chi connectivity index (χ1v) is 5.11. The Morgan fingerprint density at radius 3 is 1.71 bits per heavy atom. The molecule has 0 fully saturated rings. The number of aromatic carboxylic acids is 1. The Labute approximate surface area is 98.3 Å². The molecule has 0 aromatic heterocycles. The van der Waals surface area contributed by atoms with Crippen LogP contribution in [0.25, 0.3) is 0 Å². The van der Waals surface area contributed by atoms with E-state index in [4.69, 9.17) is 5.11 Å². The summed E-state index contributed by atoms with van der Waals surface area (Å²) in [6, 6.07) is 14.8. The fraction of sp³-hybridized carbons (Fsp3) is 0. The van der Waals surface area contributed by atoms with Crippen LogP contribution < -0.4 is 0 Å². The molecule has 0 spiro atoms. The standard InChI is InChI=1S/C14H10O3/c15-13(10-4-2-1-3-5-10)11-6-8-12(9-7-11)14(16)17/h1-9H,(H,16,17)/i14-1. The lowest BCUT2D eigenvalue weighted by molar-refractivity contribution is 0.0696. The van der Waals surface area contributed by atoms with Gasteiger partial charge in [-0.05, 0) is 12.1 Å². The third-order valence-corrected chi connectivity index (χ3v) is 2.43. The summed E-state index contributed by atoms with van der Waals surface area (Å²) in [6.45, 7) is 0. The van der Waals surface area contributed by atoms with Gasteiger partial charge in [0.1, 0.15) is 0 Å². The third kappa shape index (κ3) is 2.39. The molecule has 0 heterocycles. The molecule has 0 aliphatic rings. The van der Waals surface area contributed by atoms with Crippen molar-refractivity contribution >= 4 is 11.8 Å². The minimum absolute atomic E-state index is 0.109. The predicted molar refractivity (Wildman–Crippen MR) is 63.3 cm³/mol. The van der Waals surface area contributed by atoms with Crippen molar-refractivity contribution < 1.29 is 14.7 Å². The first-order chi connectivity index (χ1) is 8.18. The van der Waals surface area contributed by atoms with E-state index in [0.717, 1.165) is 0 Å². The van der Waals surface area contributed by atoms with Crippen LogP contribution in [0.1, 0.15) is 26.3 Å². The molecule has 0 bridgehead atoms. The number of benzene rings is 2. The Morgan fingerprint density at radius 1 is 0.706 bits per heavy atom. The van der Waals surface area contributed by atoms with Crippen LogP contribution in [0.5, 0.6) is 0 Å². The van der Waals surface area contributed by atoms with Crippen LogP contribution >= 0.6 is 0 Å². The second-order valence-electron chi connectivity index (χ2n) is 3.58. The summed E-state index contributed by atoms with van der Waals surface area (Å²) < 4.78 is 0. The highest BCUT2D eigenvalue weighted by atomic mass is 16.3. The minimum atomic E-state index is -0.997. The largest absolute Gasteiger partial charge is 0.478 e. The quantitative estimate of drug-likeness (QED) is 0.817. The molecule has 17 heavy (non-hydrogen) atoms. The van der Waals surface area contributed by atoms with Gasteiger partial charge in [-0.15, -0.1) is 0 Å². The number of hydrogen-bond donors (Lipinski definition) is 1. The number of carboxylic acid groups (broad SMARTS) is 1. The first kappa shape index (κ1) is 11.1. The summed E-state index contributed by atoms with van der Waals surface area (Å²) >= 11 is 0. The summed E-state index contributed by atoms with van der Waals surface area (Å²) in [4.78, 5) is 22.6. The summed E-state index contributed by atoms with van der Waals surface area (Å²) in [5.74, 6) is -1.11. The molecule has 84 valence electrons. The zero-order valence-electron chi connectivity index (χ0n) is 8.96. The highest BCUT2D eigenvalue weighted by molar-refractivity contribution is 6.09. The minimum Gasteiger partial charge on any atom is -0.478 e. The number of rotatable bonds is 3. The summed E-state index contributed by atoms with van der Waals surface area (Å²) in [5, 5.41) is 8.75. The van der Waals surface area contributed by atoms with Crippen LogP contribution in [-0.4, -0.2) is 16.9 Å². The fourth-order valence-electron chi connectivity index (χ4n) is 1.52. The Bertz CT molecular complexity index is 541. The molecule has 0 atom stereocenters. The molecule has 3 heteroatoms. The van der Waals surface area contributed by atoms with Crippen LogP contribution in [0.4, 0.5) is 0 Å². The predicted octanol–water partition coefficient (Wildman–Crippen LogP) is 2.62. The van der Waals surface area contributed by atoms with Gasteiger partial charge in [-0.25, -0.2) is 4.79 Å². The number of carbonyl (C=O) groups excluding carboxylic acids is 1. The zero-order valence-corrected chi connectivity index (χ0v) is 8.96. The second-order valence-corrected chi connectivity index (χ2v) is 3.58. The molecule has 0 unspecified atom stereocenters. The van der Waals surface area contributed by atoms with Crippen molar-refractivity contribution in [1.29, 1.82) is 0 Å². The van der Waals surface area contributed by atoms with Gasteiger partial charge in [0.15, 0.2) is 5.78 Å². The number of ketones is 1. The molecule has 0 saturated carbocycles. The van der Waals surface area contributed by atoms with Crippen LogP contribution in [-0.2, 0) is 0 Å². The van der Waals surface area contributed by atoms with Gasteiger partial charge in [-0.2, -0.15) is 0 Å². The van der Waals surface area contributed by atoms with Crippen molar-refractivity contribution in [3.63, 3.8) is 0 Å². The van der Waals surface area contributed by atoms with E-state index in [-0.39, 0.29) is 11.3 Å². The maximum atomic E-state index is 12.0. The first-order valence-electron chi connectivity index (χ1n) is 5.11. The van der Waals surface area contributed by atoms with E-state index in [9.17, 15) is 9.59 Å². The number of carboxylic acids is 1. The molecule has 1 N–H and O–H groups in total. The third-order valence-electron chi connectivity index (χ3n) is 2.43. The summed E-state index contributed by atoms with van der Waals surface area (Å²) in [6.07, 6.45) is 0. The molecule has 3 nitrogen and oxygen atoms in total. The molecule has 2 aromatic carbocycles. The van der Waals surface area contributed by atoms with Crippen molar-refractivity contribution in [3.05, 3.63) is 71.3 Å². The smallest absolute Gasteiger partial charge is 0.335 e. The van der Waals surface area contributed by atoms with E-state index < -0.39 is 5.97 Å². The molecule has 2 aromatic rings. The Hall–Kier alpha value is -2.42. The maximum absolute atomic E-state index is 12.0.